The highest BCUT2D eigenvalue weighted by atomic mass is 32.2. The van der Waals surface area contributed by atoms with Gasteiger partial charge in [-0.1, -0.05) is 13.8 Å². The lowest BCUT2D eigenvalue weighted by Crippen LogP contribution is -2.51. The Morgan fingerprint density at radius 1 is 1.28 bits per heavy atom. The molecule has 5 heteroatoms. The van der Waals surface area contributed by atoms with Gasteiger partial charge in [0.15, 0.2) is 0 Å². The zero-order valence-electron chi connectivity index (χ0n) is 11.1. The number of hydrogen-bond acceptors (Lipinski definition) is 3. The highest BCUT2D eigenvalue weighted by molar-refractivity contribution is 7.99. The molecule has 2 rings (SSSR count). The average Bonchev–Trinajstić information content (AvgIpc) is 2.50. The van der Waals surface area contributed by atoms with Crippen molar-refractivity contribution in [1.29, 1.82) is 0 Å². The van der Waals surface area contributed by atoms with E-state index in [-0.39, 0.29) is 23.8 Å². The molecule has 0 radical (unpaired) electrons. The fraction of sp³-hybridized carbons (Fsp3) is 0.846. The van der Waals surface area contributed by atoms with Gasteiger partial charge in [-0.3, -0.25) is 9.59 Å². The van der Waals surface area contributed by atoms with Gasteiger partial charge in [-0.25, -0.2) is 0 Å². The van der Waals surface area contributed by atoms with Crippen LogP contribution < -0.4 is 5.32 Å². The molecule has 1 unspecified atom stereocenters. The molecule has 4 nitrogen and oxygen atoms in total. The Morgan fingerprint density at radius 3 is 2.56 bits per heavy atom. The first-order chi connectivity index (χ1) is 8.59. The Bertz CT molecular complexity index is 327. The number of nitrogens with zero attached hydrogens (tertiary/aromatic N) is 1. The summed E-state index contributed by atoms with van der Waals surface area (Å²) in [5.41, 5.74) is 0. The number of thioether (sulfide) groups is 1. The lowest BCUT2D eigenvalue weighted by atomic mass is 10.0. The summed E-state index contributed by atoms with van der Waals surface area (Å²) in [5.74, 6) is 2.53. The Balaban J connectivity index is 2.12. The fourth-order valence-electron chi connectivity index (χ4n) is 2.63. The van der Waals surface area contributed by atoms with Crippen LogP contribution in [0.1, 0.15) is 33.1 Å². The largest absolute Gasteiger partial charge is 0.344 e. The van der Waals surface area contributed by atoms with E-state index in [2.05, 4.69) is 5.32 Å². The number of nitrogens with one attached hydrogen (secondary N) is 1. The molecule has 1 atom stereocenters. The smallest absolute Gasteiger partial charge is 0.245 e. The van der Waals surface area contributed by atoms with Crippen molar-refractivity contribution in [3.8, 4) is 0 Å². The van der Waals surface area contributed by atoms with E-state index in [0.29, 0.717) is 19.0 Å². The number of hydrogen-bond donors (Lipinski definition) is 1. The van der Waals surface area contributed by atoms with E-state index in [0.717, 1.165) is 24.3 Å². The Morgan fingerprint density at radius 2 is 1.94 bits per heavy atom. The third kappa shape index (κ3) is 2.99. The average molecular weight is 270 g/mol. The summed E-state index contributed by atoms with van der Waals surface area (Å²) >= 11 is 1.96. The van der Waals surface area contributed by atoms with E-state index in [1.165, 1.54) is 0 Å². The molecular weight excluding hydrogens is 248 g/mol. The van der Waals surface area contributed by atoms with Crippen molar-refractivity contribution in [2.75, 3.05) is 18.1 Å². The maximum atomic E-state index is 12.5. The molecule has 0 saturated carbocycles. The number of rotatable bonds is 2. The molecule has 0 aromatic carbocycles. The molecule has 0 aromatic heterocycles. The molecule has 2 heterocycles. The zero-order valence-corrected chi connectivity index (χ0v) is 12.0. The van der Waals surface area contributed by atoms with Gasteiger partial charge in [0.1, 0.15) is 6.04 Å². The molecule has 2 fully saturated rings. The second-order valence-electron chi connectivity index (χ2n) is 5.41. The zero-order chi connectivity index (χ0) is 13.1. The van der Waals surface area contributed by atoms with Crippen LogP contribution in [0.2, 0.25) is 0 Å². The van der Waals surface area contributed by atoms with Gasteiger partial charge in [-0.2, -0.15) is 11.8 Å². The van der Waals surface area contributed by atoms with Crippen LogP contribution in [-0.4, -0.2) is 46.8 Å². The normalized spacial score (nSPS) is 27.3. The summed E-state index contributed by atoms with van der Waals surface area (Å²) in [4.78, 5) is 26.2. The second-order valence-corrected chi connectivity index (χ2v) is 6.64. The summed E-state index contributed by atoms with van der Waals surface area (Å²) in [6, 6.07) is 0.00211. The molecule has 2 saturated heterocycles. The van der Waals surface area contributed by atoms with Crippen molar-refractivity contribution in [3.05, 3.63) is 0 Å². The van der Waals surface area contributed by atoms with Crippen LogP contribution in [0.15, 0.2) is 0 Å². The van der Waals surface area contributed by atoms with Gasteiger partial charge < -0.3 is 10.2 Å². The van der Waals surface area contributed by atoms with Crippen LogP contribution >= 0.6 is 11.8 Å². The molecule has 0 spiro atoms. The molecule has 102 valence electrons. The Labute approximate surface area is 113 Å². The minimum absolute atomic E-state index is 0.00901. The summed E-state index contributed by atoms with van der Waals surface area (Å²) in [5, 5.41) is 2.86. The number of carbonyl (C=O) groups excluding carboxylic acids is 2. The van der Waals surface area contributed by atoms with Gasteiger partial charge in [0, 0.05) is 19.0 Å². The lowest BCUT2D eigenvalue weighted by Gasteiger charge is -2.35. The molecule has 18 heavy (non-hydrogen) atoms. The summed E-state index contributed by atoms with van der Waals surface area (Å²) in [7, 11) is 0. The van der Waals surface area contributed by atoms with Gasteiger partial charge in [0.2, 0.25) is 11.8 Å². The highest BCUT2D eigenvalue weighted by Crippen LogP contribution is 2.24. The van der Waals surface area contributed by atoms with Crippen molar-refractivity contribution >= 4 is 23.6 Å². The van der Waals surface area contributed by atoms with Gasteiger partial charge in [0.05, 0.1) is 0 Å². The molecule has 2 aliphatic rings. The SMILES string of the molecule is CC(C)C1NC(=O)CCN(C2CCSCC2)C1=O. The van der Waals surface area contributed by atoms with Crippen molar-refractivity contribution in [1.82, 2.24) is 10.2 Å². The van der Waals surface area contributed by atoms with Crippen molar-refractivity contribution in [3.63, 3.8) is 0 Å². The van der Waals surface area contributed by atoms with E-state index < -0.39 is 0 Å². The summed E-state index contributed by atoms with van der Waals surface area (Å²) in [6.07, 6.45) is 2.57. The standard InChI is InChI=1S/C13H22N2O2S/c1-9(2)12-13(17)15(6-3-11(16)14-12)10-4-7-18-8-5-10/h9-10,12H,3-8H2,1-2H3,(H,14,16). The topological polar surface area (TPSA) is 49.4 Å². The first-order valence-corrected chi connectivity index (χ1v) is 7.92. The first-order valence-electron chi connectivity index (χ1n) is 6.77. The first kappa shape index (κ1) is 13.7. The van der Waals surface area contributed by atoms with E-state index in [1.807, 2.05) is 30.5 Å². The Kier molecular flexibility index (Phi) is 4.54. The third-order valence-corrected chi connectivity index (χ3v) is 4.79. The molecular formula is C13H22N2O2S. The van der Waals surface area contributed by atoms with Gasteiger partial charge in [-0.15, -0.1) is 0 Å². The molecule has 0 aliphatic carbocycles. The summed E-state index contributed by atoms with van der Waals surface area (Å²) < 4.78 is 0. The molecule has 0 bridgehead atoms. The second kappa shape index (κ2) is 5.95. The van der Waals surface area contributed by atoms with Crippen LogP contribution in [0.4, 0.5) is 0 Å². The van der Waals surface area contributed by atoms with Crippen molar-refractivity contribution < 1.29 is 9.59 Å². The van der Waals surface area contributed by atoms with Crippen LogP contribution in [0.25, 0.3) is 0 Å². The van der Waals surface area contributed by atoms with Gasteiger partial charge in [0.25, 0.3) is 0 Å². The quantitative estimate of drug-likeness (QED) is 0.822. The van der Waals surface area contributed by atoms with Crippen LogP contribution in [0.5, 0.6) is 0 Å². The minimum atomic E-state index is -0.338. The van der Waals surface area contributed by atoms with Gasteiger partial charge >= 0.3 is 0 Å². The lowest BCUT2D eigenvalue weighted by molar-refractivity contribution is -0.136. The molecule has 0 aromatic rings. The van der Waals surface area contributed by atoms with Crippen LogP contribution in [0.3, 0.4) is 0 Å². The van der Waals surface area contributed by atoms with E-state index in [9.17, 15) is 9.59 Å². The predicted octanol–water partition coefficient (Wildman–Crippen LogP) is 1.26. The predicted molar refractivity (Wildman–Crippen MR) is 73.4 cm³/mol. The Hall–Kier alpha value is -0.710. The third-order valence-electron chi connectivity index (χ3n) is 3.74. The maximum Gasteiger partial charge on any atom is 0.245 e. The molecule has 2 aliphatic heterocycles. The van der Waals surface area contributed by atoms with Crippen LogP contribution in [0, 0.1) is 5.92 Å². The number of carbonyl (C=O) groups is 2. The maximum absolute atomic E-state index is 12.5. The van der Waals surface area contributed by atoms with Crippen LogP contribution in [-0.2, 0) is 9.59 Å². The van der Waals surface area contributed by atoms with E-state index >= 15 is 0 Å². The van der Waals surface area contributed by atoms with E-state index in [4.69, 9.17) is 0 Å². The van der Waals surface area contributed by atoms with Gasteiger partial charge in [-0.05, 0) is 30.3 Å². The monoisotopic (exact) mass is 270 g/mol. The fourth-order valence-corrected chi connectivity index (χ4v) is 3.71. The van der Waals surface area contributed by atoms with Crippen molar-refractivity contribution in [2.45, 2.75) is 45.2 Å². The number of amides is 2. The summed E-state index contributed by atoms with van der Waals surface area (Å²) in [6.45, 7) is 4.56. The minimum Gasteiger partial charge on any atom is -0.344 e. The molecule has 1 N–H and O–H groups in total. The van der Waals surface area contributed by atoms with E-state index in [1.54, 1.807) is 0 Å². The van der Waals surface area contributed by atoms with Crippen molar-refractivity contribution in [2.24, 2.45) is 5.92 Å². The highest BCUT2D eigenvalue weighted by Gasteiger charge is 2.35. The molecule has 2 amide bonds.